The van der Waals surface area contributed by atoms with Gasteiger partial charge in [-0.1, -0.05) is 42.5 Å². The zero-order valence-corrected chi connectivity index (χ0v) is 16.2. The van der Waals surface area contributed by atoms with E-state index in [0.29, 0.717) is 19.6 Å². The number of benzene rings is 2. The number of carbonyl (C=O) groups excluding carboxylic acids is 1. The van der Waals surface area contributed by atoms with E-state index in [-0.39, 0.29) is 18.1 Å². The van der Waals surface area contributed by atoms with Crippen LogP contribution >= 0.6 is 0 Å². The fourth-order valence-corrected chi connectivity index (χ4v) is 2.80. The Balaban J connectivity index is 1.45. The molecule has 1 aromatic heterocycles. The summed E-state index contributed by atoms with van der Waals surface area (Å²) in [5.41, 5.74) is 1.40. The van der Waals surface area contributed by atoms with Gasteiger partial charge in [0.1, 0.15) is 18.9 Å². The van der Waals surface area contributed by atoms with Gasteiger partial charge < -0.3 is 10.1 Å². The lowest BCUT2D eigenvalue weighted by Crippen LogP contribution is -2.33. The molecule has 0 fully saturated rings. The molecule has 0 saturated carbocycles. The predicted molar refractivity (Wildman–Crippen MR) is 111 cm³/mol. The fourth-order valence-electron chi connectivity index (χ4n) is 2.80. The van der Waals surface area contributed by atoms with Crippen molar-refractivity contribution in [3.8, 4) is 5.75 Å². The van der Waals surface area contributed by atoms with Gasteiger partial charge in [-0.3, -0.25) is 24.3 Å². The molecule has 8 nitrogen and oxygen atoms in total. The highest BCUT2D eigenvalue weighted by Gasteiger charge is 2.10. The van der Waals surface area contributed by atoms with Crippen LogP contribution in [0.2, 0.25) is 0 Å². The van der Waals surface area contributed by atoms with E-state index < -0.39 is 10.5 Å². The van der Waals surface area contributed by atoms with Gasteiger partial charge in [0, 0.05) is 18.7 Å². The summed E-state index contributed by atoms with van der Waals surface area (Å²) >= 11 is 0. The van der Waals surface area contributed by atoms with Crippen LogP contribution in [0.15, 0.2) is 77.7 Å². The molecule has 1 N–H and O–H groups in total. The van der Waals surface area contributed by atoms with Crippen LogP contribution in [0.1, 0.15) is 11.1 Å². The average molecular weight is 407 g/mol. The molecule has 3 rings (SSSR count). The molecule has 0 aliphatic rings. The van der Waals surface area contributed by atoms with E-state index in [0.717, 1.165) is 39.8 Å². The third kappa shape index (κ3) is 6.03. The number of hydrogen-bond donors (Lipinski definition) is 1. The molecule has 0 spiro atoms. The highest BCUT2D eigenvalue weighted by atomic mass is 16.6. The largest absolute Gasteiger partial charge is 0.489 e. The van der Waals surface area contributed by atoms with Crippen LogP contribution in [0.4, 0.5) is 5.69 Å². The van der Waals surface area contributed by atoms with Gasteiger partial charge in [0.25, 0.3) is 11.2 Å². The summed E-state index contributed by atoms with van der Waals surface area (Å²) in [4.78, 5) is 34.0. The van der Waals surface area contributed by atoms with Crippen molar-refractivity contribution >= 4 is 11.6 Å². The number of aromatic nitrogens is 1. The topological polar surface area (TPSA) is 103 Å². The number of nitrogens with zero attached hydrogens (tertiary/aromatic N) is 2. The quantitative estimate of drug-likeness (QED) is 0.434. The van der Waals surface area contributed by atoms with E-state index in [1.54, 1.807) is 0 Å². The summed E-state index contributed by atoms with van der Waals surface area (Å²) in [5.74, 6) is 0.372. The second kappa shape index (κ2) is 10.0. The van der Waals surface area contributed by atoms with Gasteiger partial charge in [0.2, 0.25) is 5.91 Å². The van der Waals surface area contributed by atoms with Gasteiger partial charge in [-0.2, -0.15) is 0 Å². The van der Waals surface area contributed by atoms with Crippen LogP contribution in [0.25, 0.3) is 0 Å². The van der Waals surface area contributed by atoms with Crippen molar-refractivity contribution < 1.29 is 14.5 Å². The van der Waals surface area contributed by atoms with Gasteiger partial charge in [-0.25, -0.2) is 0 Å². The molecule has 0 unspecified atom stereocenters. The van der Waals surface area contributed by atoms with Gasteiger partial charge in [-0.15, -0.1) is 0 Å². The third-order valence-electron chi connectivity index (χ3n) is 4.40. The van der Waals surface area contributed by atoms with Crippen LogP contribution in [0, 0.1) is 10.1 Å². The van der Waals surface area contributed by atoms with Gasteiger partial charge in [0.05, 0.1) is 11.1 Å². The van der Waals surface area contributed by atoms with Crippen LogP contribution in [-0.4, -0.2) is 21.9 Å². The SMILES string of the molecule is O=C(Cn1cc([N+](=O)[O-])ccc1=O)NCCc1ccc(OCc2ccccc2)cc1. The first kappa shape index (κ1) is 20.8. The Hall–Kier alpha value is -3.94. The van der Waals surface area contributed by atoms with E-state index in [4.69, 9.17) is 4.74 Å². The Kier molecular flexibility index (Phi) is 6.94. The number of rotatable bonds is 9. The van der Waals surface area contributed by atoms with Crippen molar-refractivity contribution in [3.63, 3.8) is 0 Å². The maximum atomic E-state index is 12.0. The zero-order chi connectivity index (χ0) is 21.3. The molecule has 30 heavy (non-hydrogen) atoms. The highest BCUT2D eigenvalue weighted by molar-refractivity contribution is 5.75. The van der Waals surface area contributed by atoms with Crippen molar-refractivity contribution in [3.05, 3.63) is 105 Å². The normalized spacial score (nSPS) is 10.4. The minimum atomic E-state index is -0.610. The molecule has 154 valence electrons. The molecule has 0 saturated heterocycles. The first-order valence-corrected chi connectivity index (χ1v) is 9.38. The van der Waals surface area contributed by atoms with Gasteiger partial charge in [0.15, 0.2) is 0 Å². The van der Waals surface area contributed by atoms with Crippen molar-refractivity contribution in [1.82, 2.24) is 9.88 Å². The summed E-state index contributed by atoms with van der Waals surface area (Å²) in [7, 11) is 0. The Bertz CT molecular complexity index is 1060. The number of pyridine rings is 1. The lowest BCUT2D eigenvalue weighted by molar-refractivity contribution is -0.385. The summed E-state index contributed by atoms with van der Waals surface area (Å²) in [6.07, 6.45) is 1.67. The zero-order valence-electron chi connectivity index (χ0n) is 16.2. The maximum absolute atomic E-state index is 12.0. The first-order chi connectivity index (χ1) is 14.5. The molecule has 1 heterocycles. The monoisotopic (exact) mass is 407 g/mol. The smallest absolute Gasteiger partial charge is 0.285 e. The molecule has 0 bridgehead atoms. The third-order valence-corrected chi connectivity index (χ3v) is 4.40. The molecule has 0 radical (unpaired) electrons. The summed E-state index contributed by atoms with van der Waals surface area (Å²) in [6.45, 7) is 0.604. The van der Waals surface area contributed by atoms with E-state index in [2.05, 4.69) is 5.32 Å². The lowest BCUT2D eigenvalue weighted by atomic mass is 10.1. The number of hydrogen-bond acceptors (Lipinski definition) is 5. The molecule has 0 aliphatic heterocycles. The molecule has 0 atom stereocenters. The molecule has 8 heteroatoms. The average Bonchev–Trinajstić information content (AvgIpc) is 2.75. The Morgan fingerprint density at radius 2 is 1.73 bits per heavy atom. The molecular formula is C22H21N3O5. The van der Waals surface area contributed by atoms with Crippen LogP contribution < -0.4 is 15.6 Å². The standard InChI is InChI=1S/C22H21N3O5/c26-21(15-24-14-19(25(28)29)8-11-22(24)27)23-13-12-17-6-9-20(10-7-17)30-16-18-4-2-1-3-5-18/h1-11,14H,12-13,15-16H2,(H,23,26). The Morgan fingerprint density at radius 1 is 1.00 bits per heavy atom. The molecular weight excluding hydrogens is 386 g/mol. The lowest BCUT2D eigenvalue weighted by Gasteiger charge is -2.09. The molecule has 3 aromatic rings. The second-order valence-electron chi connectivity index (χ2n) is 6.63. The van der Waals surface area contributed by atoms with Gasteiger partial charge in [-0.05, 0) is 29.7 Å². The molecule has 1 amide bonds. The second-order valence-corrected chi connectivity index (χ2v) is 6.63. The van der Waals surface area contributed by atoms with Crippen molar-refractivity contribution in [2.75, 3.05) is 6.54 Å². The van der Waals surface area contributed by atoms with Crippen molar-refractivity contribution in [2.24, 2.45) is 0 Å². The van der Waals surface area contributed by atoms with Crippen LogP contribution in [0.5, 0.6) is 5.75 Å². The van der Waals surface area contributed by atoms with Crippen molar-refractivity contribution in [2.45, 2.75) is 19.6 Å². The summed E-state index contributed by atoms with van der Waals surface area (Å²) in [5, 5.41) is 13.5. The maximum Gasteiger partial charge on any atom is 0.285 e. The van der Waals surface area contributed by atoms with Crippen LogP contribution in [0.3, 0.4) is 0 Å². The number of carbonyl (C=O) groups is 1. The van der Waals surface area contributed by atoms with Crippen LogP contribution in [-0.2, 0) is 24.4 Å². The van der Waals surface area contributed by atoms with E-state index in [9.17, 15) is 19.7 Å². The Labute approximate surface area is 172 Å². The summed E-state index contributed by atoms with van der Waals surface area (Å²) in [6, 6.07) is 19.7. The fraction of sp³-hybridized carbons (Fsp3) is 0.182. The number of nitro groups is 1. The Morgan fingerprint density at radius 3 is 2.43 bits per heavy atom. The van der Waals surface area contributed by atoms with Gasteiger partial charge >= 0.3 is 0 Å². The summed E-state index contributed by atoms with van der Waals surface area (Å²) < 4.78 is 6.76. The minimum Gasteiger partial charge on any atom is -0.489 e. The number of ether oxygens (including phenoxy) is 1. The first-order valence-electron chi connectivity index (χ1n) is 9.38. The van der Waals surface area contributed by atoms with Crippen molar-refractivity contribution in [1.29, 1.82) is 0 Å². The van der Waals surface area contributed by atoms with E-state index in [1.807, 2.05) is 54.6 Å². The predicted octanol–water partition coefficient (Wildman–Crippen LogP) is 2.69. The van der Waals surface area contributed by atoms with E-state index in [1.165, 1.54) is 0 Å². The minimum absolute atomic E-state index is 0.239. The highest BCUT2D eigenvalue weighted by Crippen LogP contribution is 2.14. The number of nitrogens with one attached hydrogen (secondary N) is 1. The van der Waals surface area contributed by atoms with E-state index >= 15 is 0 Å². The number of amides is 1. The molecule has 0 aliphatic carbocycles. The molecule has 2 aromatic carbocycles.